The number of nitrogens with zero attached hydrogens (tertiary/aromatic N) is 1. The summed E-state index contributed by atoms with van der Waals surface area (Å²) in [6.07, 6.45) is 4.14. The van der Waals surface area contributed by atoms with Gasteiger partial charge in [-0.15, -0.1) is 0 Å². The molecule has 0 aromatic rings. The van der Waals surface area contributed by atoms with Crippen LogP contribution in [-0.2, 0) is 4.79 Å². The van der Waals surface area contributed by atoms with Crippen LogP contribution >= 0.6 is 0 Å². The van der Waals surface area contributed by atoms with Crippen molar-refractivity contribution in [2.75, 3.05) is 0 Å². The van der Waals surface area contributed by atoms with E-state index in [4.69, 9.17) is 5.26 Å². The average molecular weight is 238 g/mol. The average Bonchev–Trinajstić information content (AvgIpc) is 2.35. The highest BCUT2D eigenvalue weighted by atomic mass is 16.3. The first-order valence-corrected chi connectivity index (χ1v) is 6.50. The van der Waals surface area contributed by atoms with Crippen LogP contribution in [0.15, 0.2) is 0 Å². The maximum absolute atomic E-state index is 12.1. The number of aliphatic hydroxyl groups is 1. The highest BCUT2D eigenvalue weighted by molar-refractivity contribution is 5.85. The standard InChI is InChI=1S/C13H22N2O2/c1-3-13(4-2,9-14)12(17)15-10-7-5-6-8-11(10)16/h10-11,16H,3-8H2,1-2H3,(H,15,17). The number of carbonyl (C=O) groups is 1. The number of hydrogen-bond acceptors (Lipinski definition) is 3. The monoisotopic (exact) mass is 238 g/mol. The Morgan fingerprint density at radius 1 is 1.41 bits per heavy atom. The van der Waals surface area contributed by atoms with Crippen molar-refractivity contribution in [1.29, 1.82) is 5.26 Å². The largest absolute Gasteiger partial charge is 0.391 e. The fourth-order valence-corrected chi connectivity index (χ4v) is 2.37. The maximum Gasteiger partial charge on any atom is 0.240 e. The summed E-state index contributed by atoms with van der Waals surface area (Å²) in [4.78, 5) is 12.1. The van der Waals surface area contributed by atoms with E-state index in [-0.39, 0.29) is 11.9 Å². The molecular formula is C13H22N2O2. The van der Waals surface area contributed by atoms with E-state index in [2.05, 4.69) is 11.4 Å². The van der Waals surface area contributed by atoms with Crippen LogP contribution in [0.4, 0.5) is 0 Å². The Morgan fingerprint density at radius 3 is 2.47 bits per heavy atom. The quantitative estimate of drug-likeness (QED) is 0.783. The topological polar surface area (TPSA) is 73.1 Å². The Kier molecular flexibility index (Phi) is 4.95. The van der Waals surface area contributed by atoms with Crippen molar-refractivity contribution in [3.05, 3.63) is 0 Å². The molecule has 1 fully saturated rings. The Labute approximate surface area is 103 Å². The predicted molar refractivity (Wildman–Crippen MR) is 65.0 cm³/mol. The molecule has 0 aromatic carbocycles. The second-order valence-electron chi connectivity index (χ2n) is 4.83. The molecule has 2 atom stereocenters. The molecule has 1 aliphatic carbocycles. The lowest BCUT2D eigenvalue weighted by Crippen LogP contribution is -2.50. The molecule has 1 aliphatic rings. The van der Waals surface area contributed by atoms with Crippen molar-refractivity contribution in [2.24, 2.45) is 5.41 Å². The minimum absolute atomic E-state index is 0.179. The third-order valence-electron chi connectivity index (χ3n) is 3.90. The summed E-state index contributed by atoms with van der Waals surface area (Å²) in [6, 6.07) is 1.95. The molecule has 0 aliphatic heterocycles. The lowest BCUT2D eigenvalue weighted by Gasteiger charge is -2.31. The normalized spacial score (nSPS) is 25.1. The van der Waals surface area contributed by atoms with Crippen molar-refractivity contribution in [2.45, 2.75) is 64.5 Å². The second kappa shape index (κ2) is 6.02. The van der Waals surface area contributed by atoms with Gasteiger partial charge in [0.1, 0.15) is 5.41 Å². The van der Waals surface area contributed by atoms with E-state index < -0.39 is 11.5 Å². The van der Waals surface area contributed by atoms with Gasteiger partial charge in [0.15, 0.2) is 0 Å². The van der Waals surface area contributed by atoms with E-state index >= 15 is 0 Å². The van der Waals surface area contributed by atoms with Gasteiger partial charge in [-0.1, -0.05) is 26.7 Å². The molecule has 4 nitrogen and oxygen atoms in total. The van der Waals surface area contributed by atoms with Gasteiger partial charge >= 0.3 is 0 Å². The van der Waals surface area contributed by atoms with Gasteiger partial charge in [-0.25, -0.2) is 0 Å². The van der Waals surface area contributed by atoms with Gasteiger partial charge in [-0.05, 0) is 25.7 Å². The first kappa shape index (κ1) is 14.0. The van der Waals surface area contributed by atoms with Crippen LogP contribution in [-0.4, -0.2) is 23.2 Å². The fourth-order valence-electron chi connectivity index (χ4n) is 2.37. The molecule has 0 spiro atoms. The SMILES string of the molecule is CCC(C#N)(CC)C(=O)NC1CCCCC1O. The summed E-state index contributed by atoms with van der Waals surface area (Å²) in [6.45, 7) is 3.70. The smallest absolute Gasteiger partial charge is 0.240 e. The van der Waals surface area contributed by atoms with Crippen LogP contribution in [0.3, 0.4) is 0 Å². The molecule has 0 bridgehead atoms. The van der Waals surface area contributed by atoms with Crippen LogP contribution in [0.2, 0.25) is 0 Å². The maximum atomic E-state index is 12.1. The Morgan fingerprint density at radius 2 is 2.00 bits per heavy atom. The zero-order valence-electron chi connectivity index (χ0n) is 10.7. The first-order valence-electron chi connectivity index (χ1n) is 6.50. The number of nitrogens with one attached hydrogen (secondary N) is 1. The van der Waals surface area contributed by atoms with Gasteiger partial charge in [0.05, 0.1) is 18.2 Å². The first-order chi connectivity index (χ1) is 8.09. The molecule has 2 unspecified atom stereocenters. The minimum Gasteiger partial charge on any atom is -0.391 e. The molecule has 0 saturated heterocycles. The third-order valence-corrected chi connectivity index (χ3v) is 3.90. The van der Waals surface area contributed by atoms with E-state index in [1.165, 1.54) is 0 Å². The third kappa shape index (κ3) is 2.98. The van der Waals surface area contributed by atoms with E-state index in [1.54, 1.807) is 0 Å². The van der Waals surface area contributed by atoms with E-state index in [0.717, 1.165) is 25.7 Å². The van der Waals surface area contributed by atoms with Gasteiger partial charge in [-0.2, -0.15) is 5.26 Å². The van der Waals surface area contributed by atoms with E-state index in [9.17, 15) is 9.90 Å². The van der Waals surface area contributed by atoms with E-state index in [0.29, 0.717) is 12.8 Å². The molecule has 96 valence electrons. The molecule has 0 radical (unpaired) electrons. The van der Waals surface area contributed by atoms with Crippen LogP contribution < -0.4 is 5.32 Å². The number of hydrogen-bond donors (Lipinski definition) is 2. The van der Waals surface area contributed by atoms with Crippen LogP contribution in [0.1, 0.15) is 52.4 Å². The summed E-state index contributed by atoms with van der Waals surface area (Å²) in [5.41, 5.74) is -0.933. The Bertz CT molecular complexity index is 305. The van der Waals surface area contributed by atoms with Gasteiger partial charge in [0, 0.05) is 0 Å². The molecule has 0 heterocycles. The van der Waals surface area contributed by atoms with Gasteiger partial charge in [0.2, 0.25) is 5.91 Å². The van der Waals surface area contributed by atoms with Crippen molar-refractivity contribution < 1.29 is 9.90 Å². The summed E-state index contributed by atoms with van der Waals surface area (Å²) >= 11 is 0. The lowest BCUT2D eigenvalue weighted by molar-refractivity contribution is -0.130. The highest BCUT2D eigenvalue weighted by Crippen LogP contribution is 2.27. The molecule has 1 amide bonds. The Hall–Kier alpha value is -1.08. The van der Waals surface area contributed by atoms with E-state index in [1.807, 2.05) is 13.8 Å². The zero-order valence-corrected chi connectivity index (χ0v) is 10.7. The van der Waals surface area contributed by atoms with Gasteiger partial charge < -0.3 is 10.4 Å². The summed E-state index contributed by atoms with van der Waals surface area (Å²) in [5.74, 6) is -0.226. The lowest BCUT2D eigenvalue weighted by atomic mass is 9.82. The molecule has 1 saturated carbocycles. The molecule has 17 heavy (non-hydrogen) atoms. The van der Waals surface area contributed by atoms with Crippen LogP contribution in [0.25, 0.3) is 0 Å². The molecule has 1 rings (SSSR count). The van der Waals surface area contributed by atoms with Gasteiger partial charge in [0.25, 0.3) is 0 Å². The fraction of sp³-hybridized carbons (Fsp3) is 0.846. The predicted octanol–water partition coefficient (Wildman–Crippen LogP) is 1.74. The highest BCUT2D eigenvalue weighted by Gasteiger charge is 2.37. The Balaban J connectivity index is 2.67. The molecule has 0 aromatic heterocycles. The number of amides is 1. The minimum atomic E-state index is -0.933. The molecule has 2 N–H and O–H groups in total. The van der Waals surface area contributed by atoms with Gasteiger partial charge in [-0.3, -0.25) is 4.79 Å². The summed E-state index contributed by atoms with van der Waals surface area (Å²) in [7, 11) is 0. The van der Waals surface area contributed by atoms with Crippen LogP contribution in [0.5, 0.6) is 0 Å². The van der Waals surface area contributed by atoms with Crippen molar-refractivity contribution in [3.8, 4) is 6.07 Å². The van der Waals surface area contributed by atoms with Crippen LogP contribution in [0, 0.1) is 16.7 Å². The van der Waals surface area contributed by atoms with Crippen molar-refractivity contribution >= 4 is 5.91 Å². The van der Waals surface area contributed by atoms with Crippen molar-refractivity contribution in [3.63, 3.8) is 0 Å². The number of carbonyl (C=O) groups excluding carboxylic acids is 1. The summed E-state index contributed by atoms with van der Waals surface area (Å²) < 4.78 is 0. The number of nitriles is 1. The summed E-state index contributed by atoms with van der Waals surface area (Å²) in [5, 5.41) is 21.8. The zero-order chi connectivity index (χ0) is 12.9. The second-order valence-corrected chi connectivity index (χ2v) is 4.83. The number of rotatable bonds is 4. The molecule has 4 heteroatoms. The molecular weight excluding hydrogens is 216 g/mol. The van der Waals surface area contributed by atoms with Crippen molar-refractivity contribution in [1.82, 2.24) is 5.32 Å². The number of aliphatic hydroxyl groups excluding tert-OH is 1.